The molecule has 1 aliphatic heterocycles. The van der Waals surface area contributed by atoms with Crippen LogP contribution in [0.2, 0.25) is 5.02 Å². The molecule has 20 heavy (non-hydrogen) atoms. The minimum Gasteiger partial charge on any atom is -0.347 e. The number of aryl methyl sites for hydroxylation is 2. The molecule has 1 aromatic heterocycles. The molecule has 1 aromatic carbocycles. The predicted octanol–water partition coefficient (Wildman–Crippen LogP) is 1.98. The van der Waals surface area contributed by atoms with Crippen LogP contribution in [0.4, 0.5) is 0 Å². The molecule has 0 saturated heterocycles. The zero-order valence-corrected chi connectivity index (χ0v) is 11.9. The number of carbonyl (C=O) groups is 1. The number of nitrogens with one attached hydrogen (secondary N) is 1. The first kappa shape index (κ1) is 13.1. The van der Waals surface area contributed by atoms with Crippen LogP contribution >= 0.6 is 11.6 Å². The summed E-state index contributed by atoms with van der Waals surface area (Å²) in [5.41, 5.74) is 0.587. The van der Waals surface area contributed by atoms with Crippen molar-refractivity contribution in [2.45, 2.75) is 32.4 Å². The van der Waals surface area contributed by atoms with E-state index in [1.807, 2.05) is 6.92 Å². The maximum absolute atomic E-state index is 12.2. The first-order chi connectivity index (χ1) is 9.63. The largest absolute Gasteiger partial charge is 0.347 e. The Balaban J connectivity index is 1.70. The molecule has 1 unspecified atom stereocenters. The van der Waals surface area contributed by atoms with Crippen LogP contribution in [0.25, 0.3) is 0 Å². The number of benzene rings is 1. The topological polar surface area (TPSA) is 59.8 Å². The highest BCUT2D eigenvalue weighted by atomic mass is 35.5. The molecule has 1 N–H and O–H groups in total. The van der Waals surface area contributed by atoms with E-state index < -0.39 is 0 Å². The van der Waals surface area contributed by atoms with Crippen molar-refractivity contribution in [3.63, 3.8) is 0 Å². The summed E-state index contributed by atoms with van der Waals surface area (Å²) < 4.78 is 2.06. The maximum atomic E-state index is 12.2. The first-order valence-electron chi connectivity index (χ1n) is 6.58. The normalized spacial score (nSPS) is 17.6. The van der Waals surface area contributed by atoms with E-state index >= 15 is 0 Å². The van der Waals surface area contributed by atoms with Crippen LogP contribution in [0.1, 0.15) is 28.4 Å². The van der Waals surface area contributed by atoms with Crippen molar-refractivity contribution < 1.29 is 4.79 Å². The molecule has 6 heteroatoms. The van der Waals surface area contributed by atoms with Crippen LogP contribution in [0.5, 0.6) is 0 Å². The van der Waals surface area contributed by atoms with E-state index in [-0.39, 0.29) is 11.9 Å². The number of hydrogen-bond donors (Lipinski definition) is 1. The third-order valence-electron chi connectivity index (χ3n) is 3.55. The third kappa shape index (κ3) is 2.54. The molecule has 1 aliphatic rings. The minimum atomic E-state index is -0.0910. The standard InChI is InChI=1S/C14H15ClN4O/c1-9-17-18-13-6-5-12(8-19(9)13)16-14(20)10-3-2-4-11(15)7-10/h2-4,7,12H,5-6,8H2,1H3,(H,16,20). The van der Waals surface area contributed by atoms with E-state index in [1.54, 1.807) is 24.3 Å². The lowest BCUT2D eigenvalue weighted by Gasteiger charge is -2.24. The second-order valence-electron chi connectivity index (χ2n) is 4.99. The molecule has 1 amide bonds. The van der Waals surface area contributed by atoms with Gasteiger partial charge in [0.1, 0.15) is 11.6 Å². The molecule has 5 nitrogen and oxygen atoms in total. The second-order valence-corrected chi connectivity index (χ2v) is 5.43. The van der Waals surface area contributed by atoms with Gasteiger partial charge in [0.25, 0.3) is 5.91 Å². The van der Waals surface area contributed by atoms with Crippen LogP contribution < -0.4 is 5.32 Å². The lowest BCUT2D eigenvalue weighted by Crippen LogP contribution is -2.41. The van der Waals surface area contributed by atoms with Gasteiger partial charge in [-0.3, -0.25) is 4.79 Å². The molecule has 2 heterocycles. The monoisotopic (exact) mass is 290 g/mol. The number of fused-ring (bicyclic) bond motifs is 1. The minimum absolute atomic E-state index is 0.0910. The summed E-state index contributed by atoms with van der Waals surface area (Å²) in [6, 6.07) is 7.07. The van der Waals surface area contributed by atoms with Crippen LogP contribution in [0, 0.1) is 6.92 Å². The summed E-state index contributed by atoms with van der Waals surface area (Å²) in [6.07, 6.45) is 1.71. The number of halogens is 1. The SMILES string of the molecule is Cc1nnc2n1CC(NC(=O)c1cccc(Cl)c1)CC2. The number of hydrogen-bond acceptors (Lipinski definition) is 3. The van der Waals surface area contributed by atoms with Crippen LogP contribution in [-0.2, 0) is 13.0 Å². The summed E-state index contributed by atoms with van der Waals surface area (Å²) in [5, 5.41) is 11.8. The lowest BCUT2D eigenvalue weighted by atomic mass is 10.1. The van der Waals surface area contributed by atoms with Gasteiger partial charge >= 0.3 is 0 Å². The Labute approximate surface area is 122 Å². The Bertz CT molecular complexity index is 652. The van der Waals surface area contributed by atoms with E-state index in [9.17, 15) is 4.79 Å². The Morgan fingerprint density at radius 1 is 1.45 bits per heavy atom. The first-order valence-corrected chi connectivity index (χ1v) is 6.96. The summed E-state index contributed by atoms with van der Waals surface area (Å²) in [4.78, 5) is 12.2. The van der Waals surface area contributed by atoms with Crippen molar-refractivity contribution in [1.29, 1.82) is 0 Å². The van der Waals surface area contributed by atoms with Gasteiger partial charge in [-0.25, -0.2) is 0 Å². The highest BCUT2D eigenvalue weighted by Crippen LogP contribution is 2.16. The average Bonchev–Trinajstić information content (AvgIpc) is 2.80. The van der Waals surface area contributed by atoms with Gasteiger partial charge in [0.2, 0.25) is 0 Å². The van der Waals surface area contributed by atoms with Gasteiger partial charge in [-0.05, 0) is 31.5 Å². The van der Waals surface area contributed by atoms with Gasteiger partial charge in [0.05, 0.1) is 0 Å². The lowest BCUT2D eigenvalue weighted by molar-refractivity contribution is 0.0927. The second kappa shape index (κ2) is 5.25. The molecule has 104 valence electrons. The molecular formula is C14H15ClN4O. The fraction of sp³-hybridized carbons (Fsp3) is 0.357. The smallest absolute Gasteiger partial charge is 0.251 e. The van der Waals surface area contributed by atoms with Crippen LogP contribution in [-0.4, -0.2) is 26.7 Å². The van der Waals surface area contributed by atoms with E-state index in [2.05, 4.69) is 20.1 Å². The maximum Gasteiger partial charge on any atom is 0.251 e. The van der Waals surface area contributed by atoms with Crippen molar-refractivity contribution >= 4 is 17.5 Å². The van der Waals surface area contributed by atoms with Crippen LogP contribution in [0.15, 0.2) is 24.3 Å². The molecule has 0 spiro atoms. The average molecular weight is 291 g/mol. The highest BCUT2D eigenvalue weighted by molar-refractivity contribution is 6.30. The van der Waals surface area contributed by atoms with E-state index in [0.29, 0.717) is 10.6 Å². The van der Waals surface area contributed by atoms with E-state index in [0.717, 1.165) is 31.0 Å². The molecule has 0 fully saturated rings. The summed E-state index contributed by atoms with van der Waals surface area (Å²) in [6.45, 7) is 2.65. The Morgan fingerprint density at radius 3 is 3.10 bits per heavy atom. The molecule has 2 aromatic rings. The van der Waals surface area contributed by atoms with E-state index in [1.165, 1.54) is 0 Å². The molecular weight excluding hydrogens is 276 g/mol. The number of carbonyl (C=O) groups excluding carboxylic acids is 1. The molecule has 0 bridgehead atoms. The molecule has 0 saturated carbocycles. The number of amides is 1. The molecule has 0 aliphatic carbocycles. The molecule has 3 rings (SSSR count). The Kier molecular flexibility index (Phi) is 3.44. The fourth-order valence-electron chi connectivity index (χ4n) is 2.48. The predicted molar refractivity (Wildman–Crippen MR) is 75.8 cm³/mol. The number of aromatic nitrogens is 3. The van der Waals surface area contributed by atoms with Crippen molar-refractivity contribution in [2.24, 2.45) is 0 Å². The molecule has 0 radical (unpaired) electrons. The van der Waals surface area contributed by atoms with Gasteiger partial charge in [0.15, 0.2) is 0 Å². The summed E-state index contributed by atoms with van der Waals surface area (Å²) in [7, 11) is 0. The Hall–Kier alpha value is -1.88. The summed E-state index contributed by atoms with van der Waals surface area (Å²) >= 11 is 5.90. The summed E-state index contributed by atoms with van der Waals surface area (Å²) in [5.74, 6) is 1.80. The van der Waals surface area contributed by atoms with Crippen molar-refractivity contribution in [3.8, 4) is 0 Å². The number of rotatable bonds is 2. The quantitative estimate of drug-likeness (QED) is 0.920. The van der Waals surface area contributed by atoms with Crippen molar-refractivity contribution in [2.75, 3.05) is 0 Å². The Morgan fingerprint density at radius 2 is 2.30 bits per heavy atom. The molecule has 1 atom stereocenters. The van der Waals surface area contributed by atoms with Gasteiger partial charge in [0, 0.05) is 29.6 Å². The zero-order chi connectivity index (χ0) is 14.1. The fourth-order valence-corrected chi connectivity index (χ4v) is 2.67. The van der Waals surface area contributed by atoms with E-state index in [4.69, 9.17) is 11.6 Å². The zero-order valence-electron chi connectivity index (χ0n) is 11.1. The van der Waals surface area contributed by atoms with Crippen molar-refractivity contribution in [1.82, 2.24) is 20.1 Å². The van der Waals surface area contributed by atoms with Crippen LogP contribution in [0.3, 0.4) is 0 Å². The van der Waals surface area contributed by atoms with Gasteiger partial charge < -0.3 is 9.88 Å². The number of nitrogens with zero attached hydrogens (tertiary/aromatic N) is 3. The third-order valence-corrected chi connectivity index (χ3v) is 3.79. The van der Waals surface area contributed by atoms with Crippen molar-refractivity contribution in [3.05, 3.63) is 46.5 Å². The highest BCUT2D eigenvalue weighted by Gasteiger charge is 2.23. The van der Waals surface area contributed by atoms with Gasteiger partial charge in [-0.15, -0.1) is 10.2 Å². The van der Waals surface area contributed by atoms with Gasteiger partial charge in [-0.2, -0.15) is 0 Å². The van der Waals surface area contributed by atoms with Gasteiger partial charge in [-0.1, -0.05) is 17.7 Å².